The van der Waals surface area contributed by atoms with E-state index in [9.17, 15) is 14.0 Å². The topological polar surface area (TPSA) is 68.3 Å². The number of hydrogen-bond acceptors (Lipinski definition) is 4. The molecule has 1 fully saturated rings. The molecule has 1 aliphatic rings. The maximum Gasteiger partial charge on any atom is 0.297 e. The number of carbonyl (C=O) groups is 1. The summed E-state index contributed by atoms with van der Waals surface area (Å²) in [6, 6.07) is 13.6. The van der Waals surface area contributed by atoms with Gasteiger partial charge in [0.15, 0.2) is 0 Å². The predicted octanol–water partition coefficient (Wildman–Crippen LogP) is 3.47. The minimum absolute atomic E-state index is 0.115. The van der Waals surface area contributed by atoms with Crippen molar-refractivity contribution in [1.29, 1.82) is 0 Å². The Morgan fingerprint density at radius 3 is 2.69 bits per heavy atom. The fourth-order valence-electron chi connectivity index (χ4n) is 3.56. The average molecular weight is 391 g/mol. The number of fused-ring (bicyclic) bond motifs is 3. The van der Waals surface area contributed by atoms with E-state index in [1.807, 2.05) is 18.2 Å². The van der Waals surface area contributed by atoms with Crippen LogP contribution in [0.25, 0.3) is 22.1 Å². The van der Waals surface area contributed by atoms with Crippen LogP contribution >= 0.6 is 0 Å². The second kappa shape index (κ2) is 6.84. The molecule has 1 aliphatic carbocycles. The van der Waals surface area contributed by atoms with Gasteiger partial charge in [0.2, 0.25) is 11.5 Å². The second-order valence-corrected chi connectivity index (χ2v) is 7.33. The van der Waals surface area contributed by atoms with Gasteiger partial charge in [-0.3, -0.25) is 14.2 Å². The van der Waals surface area contributed by atoms with Crippen LogP contribution < -0.4 is 5.56 Å². The lowest BCUT2D eigenvalue weighted by Gasteiger charge is -2.23. The lowest BCUT2D eigenvalue weighted by Crippen LogP contribution is -2.37. The molecule has 0 N–H and O–H groups in total. The Kier molecular flexibility index (Phi) is 4.16. The fourth-order valence-corrected chi connectivity index (χ4v) is 3.56. The molecule has 0 bridgehead atoms. The molecule has 0 unspecified atom stereocenters. The first kappa shape index (κ1) is 17.6. The number of nitrogens with zero attached hydrogens (tertiary/aromatic N) is 3. The van der Waals surface area contributed by atoms with Gasteiger partial charge in [0, 0.05) is 18.0 Å². The highest BCUT2D eigenvalue weighted by Gasteiger charge is 2.32. The van der Waals surface area contributed by atoms with Crippen LogP contribution in [0.5, 0.6) is 0 Å². The fraction of sp³-hybridized carbons (Fsp3) is 0.227. The lowest BCUT2D eigenvalue weighted by molar-refractivity contribution is -0.133. The highest BCUT2D eigenvalue weighted by atomic mass is 19.1. The minimum atomic E-state index is -0.378. The molecule has 5 rings (SSSR count). The van der Waals surface area contributed by atoms with E-state index in [1.165, 1.54) is 23.0 Å². The number of amides is 1. The number of para-hydroxylation sites is 1. The van der Waals surface area contributed by atoms with Gasteiger partial charge in [0.05, 0.1) is 6.33 Å². The standard InChI is InChI=1S/C22H18FN3O3/c23-15-7-5-14(6-8-15)11-26(16-9-10-16)19(27)12-25-13-24-20-17-3-1-2-4-18(17)29-21(20)22(25)28/h1-8,13,16H,9-12H2. The van der Waals surface area contributed by atoms with Crippen LogP contribution in [0.15, 0.2) is 64.1 Å². The molecule has 0 radical (unpaired) electrons. The summed E-state index contributed by atoms with van der Waals surface area (Å²) in [6.45, 7) is 0.273. The maximum atomic E-state index is 13.2. The summed E-state index contributed by atoms with van der Waals surface area (Å²) >= 11 is 0. The number of benzene rings is 2. The van der Waals surface area contributed by atoms with Gasteiger partial charge >= 0.3 is 0 Å². The van der Waals surface area contributed by atoms with Crippen molar-refractivity contribution in [2.24, 2.45) is 0 Å². The smallest absolute Gasteiger partial charge is 0.297 e. The van der Waals surface area contributed by atoms with E-state index in [2.05, 4.69) is 4.98 Å². The number of furan rings is 1. The summed E-state index contributed by atoms with van der Waals surface area (Å²) in [4.78, 5) is 31.9. The van der Waals surface area contributed by atoms with Crippen molar-refractivity contribution in [3.63, 3.8) is 0 Å². The van der Waals surface area contributed by atoms with E-state index in [4.69, 9.17) is 4.42 Å². The Balaban J connectivity index is 1.43. The van der Waals surface area contributed by atoms with Crippen LogP contribution in [-0.4, -0.2) is 26.4 Å². The molecule has 0 saturated heterocycles. The minimum Gasteiger partial charge on any atom is -0.448 e. The van der Waals surface area contributed by atoms with Crippen molar-refractivity contribution in [3.8, 4) is 0 Å². The summed E-state index contributed by atoms with van der Waals surface area (Å²) in [5, 5.41) is 0.772. The molecule has 7 heteroatoms. The van der Waals surface area contributed by atoms with Crippen molar-refractivity contribution in [1.82, 2.24) is 14.5 Å². The summed E-state index contributed by atoms with van der Waals surface area (Å²) in [5.41, 5.74) is 1.71. The van der Waals surface area contributed by atoms with Crippen LogP contribution in [0.4, 0.5) is 4.39 Å². The zero-order valence-electron chi connectivity index (χ0n) is 15.5. The first-order chi connectivity index (χ1) is 14.1. The average Bonchev–Trinajstić information content (AvgIpc) is 3.49. The Hall–Kier alpha value is -3.48. The van der Waals surface area contributed by atoms with Crippen molar-refractivity contribution in [3.05, 3.63) is 76.6 Å². The Bertz CT molecular complexity index is 1270. The zero-order valence-corrected chi connectivity index (χ0v) is 15.5. The Labute approximate surface area is 165 Å². The highest BCUT2D eigenvalue weighted by molar-refractivity contribution is 6.01. The molecule has 0 spiro atoms. The van der Waals surface area contributed by atoms with Crippen LogP contribution in [0.2, 0.25) is 0 Å². The van der Waals surface area contributed by atoms with Gasteiger partial charge in [0.1, 0.15) is 23.5 Å². The number of aromatic nitrogens is 2. The van der Waals surface area contributed by atoms with Crippen molar-refractivity contribution in [2.45, 2.75) is 32.0 Å². The molecule has 2 aromatic heterocycles. The van der Waals surface area contributed by atoms with Gasteiger partial charge < -0.3 is 9.32 Å². The van der Waals surface area contributed by atoms with Crippen LogP contribution in [0.1, 0.15) is 18.4 Å². The van der Waals surface area contributed by atoms with E-state index >= 15 is 0 Å². The summed E-state index contributed by atoms with van der Waals surface area (Å²) in [7, 11) is 0. The van der Waals surface area contributed by atoms with E-state index < -0.39 is 0 Å². The molecule has 29 heavy (non-hydrogen) atoms. The van der Waals surface area contributed by atoms with Gasteiger partial charge in [0.25, 0.3) is 5.56 Å². The van der Waals surface area contributed by atoms with Crippen LogP contribution in [-0.2, 0) is 17.9 Å². The third kappa shape index (κ3) is 3.29. The van der Waals surface area contributed by atoms with Gasteiger partial charge in [-0.25, -0.2) is 9.37 Å². The normalized spacial score (nSPS) is 13.8. The molecular weight excluding hydrogens is 373 g/mol. The third-order valence-electron chi connectivity index (χ3n) is 5.23. The van der Waals surface area contributed by atoms with E-state index in [0.29, 0.717) is 17.6 Å². The predicted molar refractivity (Wildman–Crippen MR) is 106 cm³/mol. The first-order valence-corrected chi connectivity index (χ1v) is 9.51. The monoisotopic (exact) mass is 391 g/mol. The van der Waals surface area contributed by atoms with E-state index in [-0.39, 0.29) is 35.5 Å². The van der Waals surface area contributed by atoms with Gasteiger partial charge in [-0.2, -0.15) is 0 Å². The van der Waals surface area contributed by atoms with Gasteiger partial charge in [-0.1, -0.05) is 24.3 Å². The second-order valence-electron chi connectivity index (χ2n) is 7.33. The summed E-state index contributed by atoms with van der Waals surface area (Å²) in [6.07, 6.45) is 3.26. The third-order valence-corrected chi connectivity index (χ3v) is 5.23. The number of halogens is 1. The molecule has 6 nitrogen and oxygen atoms in total. The van der Waals surface area contributed by atoms with Crippen LogP contribution in [0.3, 0.4) is 0 Å². The summed E-state index contributed by atoms with van der Waals surface area (Å²) < 4.78 is 20.1. The Morgan fingerprint density at radius 1 is 1.17 bits per heavy atom. The number of rotatable bonds is 5. The molecule has 4 aromatic rings. The lowest BCUT2D eigenvalue weighted by atomic mass is 10.2. The van der Waals surface area contributed by atoms with Crippen molar-refractivity contribution < 1.29 is 13.6 Å². The van der Waals surface area contributed by atoms with E-state index in [0.717, 1.165) is 23.8 Å². The molecule has 0 aliphatic heterocycles. The van der Waals surface area contributed by atoms with E-state index in [1.54, 1.807) is 23.1 Å². The molecule has 146 valence electrons. The Morgan fingerprint density at radius 2 is 1.93 bits per heavy atom. The molecule has 0 atom stereocenters. The van der Waals surface area contributed by atoms with Crippen LogP contribution in [0, 0.1) is 5.82 Å². The van der Waals surface area contributed by atoms with Gasteiger partial charge in [-0.15, -0.1) is 0 Å². The molecule has 2 heterocycles. The van der Waals surface area contributed by atoms with Crippen molar-refractivity contribution >= 4 is 28.0 Å². The first-order valence-electron chi connectivity index (χ1n) is 9.51. The largest absolute Gasteiger partial charge is 0.448 e. The SMILES string of the molecule is O=C(Cn1cnc2c(oc3ccccc32)c1=O)N(Cc1ccc(F)cc1)C1CC1. The molecule has 2 aromatic carbocycles. The molecule has 1 saturated carbocycles. The number of hydrogen-bond donors (Lipinski definition) is 0. The molecular formula is C22H18FN3O3. The van der Waals surface area contributed by atoms with Crippen molar-refractivity contribution in [2.75, 3.05) is 0 Å². The number of carbonyl (C=O) groups excluding carboxylic acids is 1. The van der Waals surface area contributed by atoms with Gasteiger partial charge in [-0.05, 0) is 42.7 Å². The summed E-state index contributed by atoms with van der Waals surface area (Å²) in [5.74, 6) is -0.481. The molecule has 1 amide bonds. The quantitative estimate of drug-likeness (QED) is 0.522. The highest BCUT2D eigenvalue weighted by Crippen LogP contribution is 2.29. The zero-order chi connectivity index (χ0) is 20.0. The maximum absolute atomic E-state index is 13.2.